The maximum absolute atomic E-state index is 12.9. The quantitative estimate of drug-likeness (QED) is 0.761. The van der Waals surface area contributed by atoms with Crippen LogP contribution >= 0.6 is 0 Å². The lowest BCUT2D eigenvalue weighted by molar-refractivity contribution is -0.120. The van der Waals surface area contributed by atoms with Crippen LogP contribution in [0.15, 0.2) is 42.5 Å². The highest BCUT2D eigenvalue weighted by Gasteiger charge is 2.11. The Morgan fingerprint density at radius 2 is 1.83 bits per heavy atom. The molecule has 0 aliphatic heterocycles. The predicted octanol–water partition coefficient (Wildman–Crippen LogP) is 2.52. The first-order valence-corrected chi connectivity index (χ1v) is 7.56. The van der Waals surface area contributed by atoms with Gasteiger partial charge in [-0.25, -0.2) is 4.39 Å². The van der Waals surface area contributed by atoms with E-state index in [-0.39, 0.29) is 24.3 Å². The van der Waals surface area contributed by atoms with E-state index < -0.39 is 5.91 Å². The number of benzene rings is 2. The van der Waals surface area contributed by atoms with Crippen molar-refractivity contribution in [1.29, 1.82) is 0 Å². The SMILES string of the molecule is Cc1ccc(C(N)=O)cc1NCC(=O)NC(C)c1ccc(F)cc1. The molecule has 0 saturated heterocycles. The smallest absolute Gasteiger partial charge is 0.248 e. The summed E-state index contributed by atoms with van der Waals surface area (Å²) >= 11 is 0. The van der Waals surface area contributed by atoms with Crippen LogP contribution in [-0.2, 0) is 4.79 Å². The lowest BCUT2D eigenvalue weighted by Gasteiger charge is -2.16. The van der Waals surface area contributed by atoms with Gasteiger partial charge >= 0.3 is 0 Å². The molecule has 0 bridgehead atoms. The Balaban J connectivity index is 1.94. The van der Waals surface area contributed by atoms with Gasteiger partial charge in [0, 0.05) is 11.3 Å². The number of rotatable bonds is 6. The topological polar surface area (TPSA) is 84.2 Å². The molecule has 1 atom stereocenters. The molecule has 0 aliphatic rings. The van der Waals surface area contributed by atoms with Gasteiger partial charge in [-0.3, -0.25) is 9.59 Å². The van der Waals surface area contributed by atoms with E-state index in [1.54, 1.807) is 30.3 Å². The van der Waals surface area contributed by atoms with Gasteiger partial charge in [-0.2, -0.15) is 0 Å². The molecule has 0 saturated carbocycles. The molecule has 2 aromatic rings. The summed E-state index contributed by atoms with van der Waals surface area (Å²) in [6, 6.07) is 10.8. The molecule has 6 heteroatoms. The Hall–Kier alpha value is -2.89. The number of aryl methyl sites for hydroxylation is 1. The lowest BCUT2D eigenvalue weighted by atomic mass is 10.1. The number of anilines is 1. The molecule has 0 aromatic heterocycles. The van der Waals surface area contributed by atoms with Crippen molar-refractivity contribution >= 4 is 17.5 Å². The number of primary amides is 1. The third kappa shape index (κ3) is 4.55. The minimum atomic E-state index is -0.521. The van der Waals surface area contributed by atoms with Crippen LogP contribution in [0.25, 0.3) is 0 Å². The van der Waals surface area contributed by atoms with Gasteiger partial charge in [0.25, 0.3) is 0 Å². The number of carbonyl (C=O) groups is 2. The standard InChI is InChI=1S/C18H20FN3O2/c1-11-3-4-14(18(20)24)9-16(11)21-10-17(23)22-12(2)13-5-7-15(19)8-6-13/h3-9,12,21H,10H2,1-2H3,(H2,20,24)(H,22,23). The first kappa shape index (κ1) is 17.5. The zero-order valence-electron chi connectivity index (χ0n) is 13.6. The summed E-state index contributed by atoms with van der Waals surface area (Å²) in [5.41, 5.74) is 8.03. The second-order valence-corrected chi connectivity index (χ2v) is 5.59. The molecular formula is C18H20FN3O2. The van der Waals surface area contributed by atoms with Crippen LogP contribution in [0.3, 0.4) is 0 Å². The van der Waals surface area contributed by atoms with E-state index in [1.165, 1.54) is 12.1 Å². The molecule has 1 unspecified atom stereocenters. The average molecular weight is 329 g/mol. The molecule has 4 N–H and O–H groups in total. The van der Waals surface area contributed by atoms with Gasteiger partial charge in [0.1, 0.15) is 5.82 Å². The van der Waals surface area contributed by atoms with Crippen molar-refractivity contribution in [2.75, 3.05) is 11.9 Å². The number of carbonyl (C=O) groups excluding carboxylic acids is 2. The molecule has 126 valence electrons. The molecule has 0 radical (unpaired) electrons. The summed E-state index contributed by atoms with van der Waals surface area (Å²) < 4.78 is 12.9. The summed E-state index contributed by atoms with van der Waals surface area (Å²) in [7, 11) is 0. The first-order valence-electron chi connectivity index (χ1n) is 7.56. The Morgan fingerprint density at radius 3 is 2.46 bits per heavy atom. The van der Waals surface area contributed by atoms with Crippen LogP contribution in [-0.4, -0.2) is 18.4 Å². The summed E-state index contributed by atoms with van der Waals surface area (Å²) in [6.07, 6.45) is 0. The van der Waals surface area contributed by atoms with Crippen molar-refractivity contribution in [3.8, 4) is 0 Å². The molecule has 0 fully saturated rings. The number of nitrogens with two attached hydrogens (primary N) is 1. The maximum Gasteiger partial charge on any atom is 0.248 e. The van der Waals surface area contributed by atoms with E-state index in [4.69, 9.17) is 5.73 Å². The predicted molar refractivity (Wildman–Crippen MR) is 91.1 cm³/mol. The van der Waals surface area contributed by atoms with Crippen molar-refractivity contribution in [2.45, 2.75) is 19.9 Å². The molecule has 0 aliphatic carbocycles. The third-order valence-electron chi connectivity index (χ3n) is 3.71. The molecule has 2 amide bonds. The minimum absolute atomic E-state index is 0.0502. The molecule has 0 spiro atoms. The zero-order chi connectivity index (χ0) is 17.7. The normalized spacial score (nSPS) is 11.6. The Morgan fingerprint density at radius 1 is 1.17 bits per heavy atom. The van der Waals surface area contributed by atoms with E-state index in [1.807, 2.05) is 13.8 Å². The van der Waals surface area contributed by atoms with Gasteiger partial charge in [-0.05, 0) is 49.2 Å². The van der Waals surface area contributed by atoms with Crippen LogP contribution < -0.4 is 16.4 Å². The minimum Gasteiger partial charge on any atom is -0.376 e. The monoisotopic (exact) mass is 329 g/mol. The highest BCUT2D eigenvalue weighted by Crippen LogP contribution is 2.17. The number of amides is 2. The fourth-order valence-electron chi connectivity index (χ4n) is 2.27. The third-order valence-corrected chi connectivity index (χ3v) is 3.71. The van der Waals surface area contributed by atoms with Crippen LogP contribution in [0, 0.1) is 12.7 Å². The number of hydrogen-bond donors (Lipinski definition) is 3. The van der Waals surface area contributed by atoms with Crippen LogP contribution in [0.4, 0.5) is 10.1 Å². The number of hydrogen-bond acceptors (Lipinski definition) is 3. The highest BCUT2D eigenvalue weighted by molar-refractivity contribution is 5.94. The average Bonchev–Trinajstić information content (AvgIpc) is 2.54. The van der Waals surface area contributed by atoms with Crippen molar-refractivity contribution in [3.63, 3.8) is 0 Å². The highest BCUT2D eigenvalue weighted by atomic mass is 19.1. The summed E-state index contributed by atoms with van der Waals surface area (Å²) in [5, 5.41) is 5.82. The van der Waals surface area contributed by atoms with Crippen LogP contribution in [0.2, 0.25) is 0 Å². The summed E-state index contributed by atoms with van der Waals surface area (Å²) in [4.78, 5) is 23.3. The van der Waals surface area contributed by atoms with E-state index in [9.17, 15) is 14.0 Å². The second kappa shape index (κ2) is 7.59. The van der Waals surface area contributed by atoms with E-state index in [2.05, 4.69) is 10.6 Å². The van der Waals surface area contributed by atoms with Crippen molar-refractivity contribution in [3.05, 3.63) is 65.0 Å². The van der Waals surface area contributed by atoms with Gasteiger partial charge in [0.15, 0.2) is 0 Å². The molecule has 5 nitrogen and oxygen atoms in total. The summed E-state index contributed by atoms with van der Waals surface area (Å²) in [6.45, 7) is 3.74. The van der Waals surface area contributed by atoms with Crippen LogP contribution in [0.1, 0.15) is 34.5 Å². The number of halogens is 1. The first-order chi connectivity index (χ1) is 11.4. The number of nitrogens with one attached hydrogen (secondary N) is 2. The molecule has 0 heterocycles. The van der Waals surface area contributed by atoms with Crippen LogP contribution in [0.5, 0.6) is 0 Å². The maximum atomic E-state index is 12.9. The molecule has 2 rings (SSSR count). The van der Waals surface area contributed by atoms with E-state index in [0.29, 0.717) is 11.3 Å². The van der Waals surface area contributed by atoms with Gasteiger partial charge in [-0.15, -0.1) is 0 Å². The molecule has 2 aromatic carbocycles. The van der Waals surface area contributed by atoms with E-state index >= 15 is 0 Å². The largest absolute Gasteiger partial charge is 0.376 e. The zero-order valence-corrected chi connectivity index (χ0v) is 13.6. The van der Waals surface area contributed by atoms with Gasteiger partial charge < -0.3 is 16.4 Å². The fraction of sp³-hybridized carbons (Fsp3) is 0.222. The van der Waals surface area contributed by atoms with Crippen molar-refractivity contribution in [2.24, 2.45) is 5.73 Å². The summed E-state index contributed by atoms with van der Waals surface area (Å²) in [5.74, 6) is -1.05. The molecular weight excluding hydrogens is 309 g/mol. The second-order valence-electron chi connectivity index (χ2n) is 5.59. The lowest BCUT2D eigenvalue weighted by Crippen LogP contribution is -2.32. The Labute approximate surface area is 140 Å². The van der Waals surface area contributed by atoms with Gasteiger partial charge in [0.2, 0.25) is 11.8 Å². The van der Waals surface area contributed by atoms with Gasteiger partial charge in [-0.1, -0.05) is 18.2 Å². The van der Waals surface area contributed by atoms with Crippen molar-refractivity contribution in [1.82, 2.24) is 5.32 Å². The Bertz CT molecular complexity index is 744. The van der Waals surface area contributed by atoms with E-state index in [0.717, 1.165) is 11.1 Å². The fourth-order valence-corrected chi connectivity index (χ4v) is 2.27. The van der Waals surface area contributed by atoms with Crippen molar-refractivity contribution < 1.29 is 14.0 Å². The Kier molecular flexibility index (Phi) is 5.52. The molecule has 24 heavy (non-hydrogen) atoms. The van der Waals surface area contributed by atoms with Gasteiger partial charge in [0.05, 0.1) is 12.6 Å².